The average molecular weight is 439 g/mol. The molecule has 3 aromatic rings. The molecule has 5 rings (SSSR count). The lowest BCUT2D eigenvalue weighted by atomic mass is 9.96. The lowest BCUT2D eigenvalue weighted by molar-refractivity contribution is -0.00513. The molecule has 0 radical (unpaired) electrons. The van der Waals surface area contributed by atoms with Gasteiger partial charge in [-0.15, -0.1) is 0 Å². The zero-order chi connectivity index (χ0) is 22.1. The van der Waals surface area contributed by atoms with Crippen molar-refractivity contribution >= 4 is 22.8 Å². The van der Waals surface area contributed by atoms with E-state index in [1.54, 1.807) is 11.1 Å². The fourth-order valence-corrected chi connectivity index (χ4v) is 4.67. The number of anilines is 1. The summed E-state index contributed by atoms with van der Waals surface area (Å²) in [5.41, 5.74) is 4.15. The number of carbonyl (C=O) groups excluding carboxylic acids is 1. The third-order valence-corrected chi connectivity index (χ3v) is 6.49. The van der Waals surface area contributed by atoms with Crippen molar-refractivity contribution in [2.45, 2.75) is 51.4 Å². The van der Waals surface area contributed by atoms with Crippen LogP contribution in [0.3, 0.4) is 0 Å². The van der Waals surface area contributed by atoms with Crippen molar-refractivity contribution in [3.8, 4) is 0 Å². The first-order valence-electron chi connectivity index (χ1n) is 11.3. The normalized spacial score (nSPS) is 18.6. The van der Waals surface area contributed by atoms with Crippen LogP contribution in [0, 0.1) is 0 Å². The summed E-state index contributed by atoms with van der Waals surface area (Å²) < 4.78 is 14.6. The van der Waals surface area contributed by atoms with Crippen molar-refractivity contribution in [2.75, 3.05) is 31.8 Å². The van der Waals surface area contributed by atoms with Gasteiger partial charge in [-0.3, -0.25) is 9.58 Å². The molecule has 1 saturated heterocycles. The Hall–Kier alpha value is -2.91. The summed E-state index contributed by atoms with van der Waals surface area (Å²) in [6.07, 6.45) is 6.03. The van der Waals surface area contributed by atoms with Crippen LogP contribution in [0.15, 0.2) is 30.6 Å². The van der Waals surface area contributed by atoms with Gasteiger partial charge in [-0.1, -0.05) is 0 Å². The Balaban J connectivity index is 1.49. The van der Waals surface area contributed by atoms with Gasteiger partial charge in [-0.2, -0.15) is 5.10 Å². The van der Waals surface area contributed by atoms with Crippen LogP contribution >= 0.6 is 0 Å². The molecule has 2 aliphatic heterocycles. The van der Waals surface area contributed by atoms with Crippen molar-refractivity contribution in [1.82, 2.24) is 24.6 Å². The second kappa shape index (κ2) is 8.91. The number of aryl methyl sites for hydroxylation is 3. The third-order valence-electron chi connectivity index (χ3n) is 6.49. The maximum Gasteiger partial charge on any atom is 0.414 e. The average Bonchev–Trinajstić information content (AvgIpc) is 3.41. The number of carbonyl (C=O) groups is 1. The van der Waals surface area contributed by atoms with Gasteiger partial charge < -0.3 is 19.4 Å². The summed E-state index contributed by atoms with van der Waals surface area (Å²) >= 11 is 0. The van der Waals surface area contributed by atoms with Gasteiger partial charge >= 0.3 is 6.09 Å². The number of nitrogens with zero attached hydrogens (tertiary/aromatic N) is 5. The number of amides is 1. The zero-order valence-electron chi connectivity index (χ0n) is 18.7. The first kappa shape index (κ1) is 21.0. The number of hydrogen-bond acceptors (Lipinski definition) is 6. The van der Waals surface area contributed by atoms with Crippen molar-refractivity contribution in [3.05, 3.63) is 42.0 Å². The van der Waals surface area contributed by atoms with Gasteiger partial charge in [0.25, 0.3) is 0 Å². The Kier molecular flexibility index (Phi) is 5.84. The van der Waals surface area contributed by atoms with Gasteiger partial charge in [0.05, 0.1) is 43.1 Å². The number of benzene rings is 1. The number of nitrogens with one attached hydrogen (secondary N) is 1. The molecule has 2 aromatic heterocycles. The monoisotopic (exact) mass is 438 g/mol. The molecule has 1 fully saturated rings. The van der Waals surface area contributed by atoms with E-state index in [4.69, 9.17) is 14.5 Å². The van der Waals surface area contributed by atoms with Crippen LogP contribution in [0.4, 0.5) is 10.5 Å². The molecule has 0 spiro atoms. The molecule has 1 aromatic carbocycles. The number of rotatable bonds is 7. The topological polar surface area (TPSA) is 86.4 Å². The smallest absolute Gasteiger partial charge is 0.414 e. The van der Waals surface area contributed by atoms with Crippen LogP contribution in [0.2, 0.25) is 0 Å². The second-order valence-corrected chi connectivity index (χ2v) is 8.55. The zero-order valence-corrected chi connectivity index (χ0v) is 18.7. The van der Waals surface area contributed by atoms with Gasteiger partial charge in [0.1, 0.15) is 5.82 Å². The number of fused-ring (bicyclic) bond motifs is 3. The minimum Gasteiger partial charge on any atom is -0.452 e. The summed E-state index contributed by atoms with van der Waals surface area (Å²) in [5.74, 6) is 1.04. The molecule has 2 aliphatic rings. The van der Waals surface area contributed by atoms with E-state index in [9.17, 15) is 4.79 Å². The van der Waals surface area contributed by atoms with E-state index in [1.165, 1.54) is 7.11 Å². The summed E-state index contributed by atoms with van der Waals surface area (Å²) in [4.78, 5) is 19.3. The molecule has 170 valence electrons. The molecule has 4 heterocycles. The molecule has 0 unspecified atom stereocenters. The maximum absolute atomic E-state index is 12.5. The number of ether oxygens (including phenoxy) is 2. The van der Waals surface area contributed by atoms with Crippen molar-refractivity contribution in [2.24, 2.45) is 0 Å². The highest BCUT2D eigenvalue weighted by atomic mass is 16.5. The highest BCUT2D eigenvalue weighted by Gasteiger charge is 2.31. The van der Waals surface area contributed by atoms with Crippen LogP contribution in [0.5, 0.6) is 0 Å². The highest BCUT2D eigenvalue weighted by molar-refractivity contribution is 5.95. The predicted octanol–water partition coefficient (Wildman–Crippen LogP) is 2.37. The van der Waals surface area contributed by atoms with E-state index < -0.39 is 0 Å². The second-order valence-electron chi connectivity index (χ2n) is 8.55. The van der Waals surface area contributed by atoms with E-state index >= 15 is 0 Å². The van der Waals surface area contributed by atoms with Crippen LogP contribution < -0.4 is 10.2 Å². The molecule has 1 amide bonds. The van der Waals surface area contributed by atoms with Crippen LogP contribution in [0.1, 0.15) is 24.7 Å². The molecule has 1 atom stereocenters. The largest absolute Gasteiger partial charge is 0.452 e. The van der Waals surface area contributed by atoms with Crippen molar-refractivity contribution in [3.63, 3.8) is 0 Å². The van der Waals surface area contributed by atoms with Crippen LogP contribution in [-0.4, -0.2) is 64.4 Å². The number of imidazole rings is 1. The molecule has 32 heavy (non-hydrogen) atoms. The summed E-state index contributed by atoms with van der Waals surface area (Å²) in [5, 5.41) is 7.89. The van der Waals surface area contributed by atoms with Crippen molar-refractivity contribution in [1.29, 1.82) is 0 Å². The van der Waals surface area contributed by atoms with Gasteiger partial charge in [0, 0.05) is 50.1 Å². The molecular weight excluding hydrogens is 408 g/mol. The Morgan fingerprint density at radius 1 is 1.31 bits per heavy atom. The SMILES string of the molecule is COC(=O)N1c2ccc3c(nc(CCn4cccn4)n3CCNC3COC3)c2CC[C@@H]1C. The molecule has 0 saturated carbocycles. The fraction of sp³-hybridized carbons (Fsp3) is 0.522. The Labute approximate surface area is 187 Å². The van der Waals surface area contributed by atoms with Crippen LogP contribution in [0.25, 0.3) is 11.0 Å². The first-order chi connectivity index (χ1) is 15.7. The van der Waals surface area contributed by atoms with Gasteiger partial charge in [0.2, 0.25) is 0 Å². The molecule has 9 nitrogen and oxygen atoms in total. The summed E-state index contributed by atoms with van der Waals surface area (Å²) in [6, 6.07) is 6.63. The number of hydrogen-bond donors (Lipinski definition) is 1. The minimum absolute atomic E-state index is 0.0997. The summed E-state index contributed by atoms with van der Waals surface area (Å²) in [7, 11) is 1.43. The fourth-order valence-electron chi connectivity index (χ4n) is 4.67. The maximum atomic E-state index is 12.5. The predicted molar refractivity (Wildman–Crippen MR) is 121 cm³/mol. The van der Waals surface area contributed by atoms with Gasteiger partial charge in [-0.05, 0) is 38.0 Å². The molecule has 9 heteroatoms. The van der Waals surface area contributed by atoms with E-state index in [2.05, 4.69) is 28.0 Å². The lowest BCUT2D eigenvalue weighted by Gasteiger charge is -2.34. The molecule has 1 N–H and O–H groups in total. The standard InChI is InChI=1S/C23H30N6O3/c1-16-4-5-18-19(29(16)23(30)31-2)6-7-20-22(18)26-21(8-12-27-11-3-9-25-27)28(20)13-10-24-17-14-32-15-17/h3,6-7,9,11,16-17,24H,4-5,8,10,12-15H2,1-2H3/t16-/m0/s1. The van der Waals surface area contributed by atoms with Gasteiger partial charge in [0.15, 0.2) is 0 Å². The van der Waals surface area contributed by atoms with E-state index in [1.807, 2.05) is 23.0 Å². The third kappa shape index (κ3) is 3.86. The quantitative estimate of drug-likeness (QED) is 0.610. The Bertz CT molecular complexity index is 1090. The number of methoxy groups -OCH3 is 1. The van der Waals surface area contributed by atoms with Crippen LogP contribution in [-0.2, 0) is 35.4 Å². The molecule has 0 bridgehead atoms. The molecule has 0 aliphatic carbocycles. The van der Waals surface area contributed by atoms with Gasteiger partial charge in [-0.25, -0.2) is 9.78 Å². The minimum atomic E-state index is -0.317. The Morgan fingerprint density at radius 3 is 2.91 bits per heavy atom. The van der Waals surface area contributed by atoms with E-state index in [0.717, 1.165) is 80.2 Å². The molecular formula is C23H30N6O3. The number of aromatic nitrogens is 4. The lowest BCUT2D eigenvalue weighted by Crippen LogP contribution is -2.46. The first-order valence-corrected chi connectivity index (χ1v) is 11.3. The highest BCUT2D eigenvalue weighted by Crippen LogP contribution is 2.36. The summed E-state index contributed by atoms with van der Waals surface area (Å²) in [6.45, 7) is 6.09. The van der Waals surface area contributed by atoms with E-state index in [0.29, 0.717) is 6.04 Å². The van der Waals surface area contributed by atoms with E-state index in [-0.39, 0.29) is 12.1 Å². The van der Waals surface area contributed by atoms with Crippen molar-refractivity contribution < 1.29 is 14.3 Å². The Morgan fingerprint density at radius 2 is 2.19 bits per heavy atom.